The summed E-state index contributed by atoms with van der Waals surface area (Å²) in [6.45, 7) is 0.344. The Kier molecular flexibility index (Phi) is 5.22. The predicted octanol–water partition coefficient (Wildman–Crippen LogP) is 5.08. The highest BCUT2D eigenvalue weighted by molar-refractivity contribution is 8.03. The third-order valence-electron chi connectivity index (χ3n) is 4.30. The zero-order chi connectivity index (χ0) is 19.0. The molecule has 4 rings (SSSR count). The number of rotatable bonds is 5. The van der Waals surface area contributed by atoms with E-state index < -0.39 is 11.0 Å². The highest BCUT2D eigenvalue weighted by atomic mass is 35.5. The zero-order valence-electron chi connectivity index (χ0n) is 14.1. The van der Waals surface area contributed by atoms with Crippen LogP contribution in [0, 0.1) is 0 Å². The molecule has 0 bridgehead atoms. The number of aromatic nitrogens is 2. The van der Waals surface area contributed by atoms with Gasteiger partial charge in [0.25, 0.3) is 0 Å². The molecule has 0 aliphatic carbocycles. The second kappa shape index (κ2) is 7.48. The van der Waals surface area contributed by atoms with Crippen LogP contribution in [0.1, 0.15) is 4.88 Å². The number of carbonyl (C=O) groups is 1. The molecule has 2 aromatic heterocycles. The number of thioether (sulfide) groups is 1. The second-order valence-electron chi connectivity index (χ2n) is 5.83. The van der Waals surface area contributed by atoms with Crippen LogP contribution in [0.25, 0.3) is 11.0 Å². The van der Waals surface area contributed by atoms with Crippen molar-refractivity contribution in [3.05, 3.63) is 62.4 Å². The van der Waals surface area contributed by atoms with Crippen molar-refractivity contribution >= 4 is 63.3 Å². The Morgan fingerprint density at radius 2 is 2.19 bits per heavy atom. The first-order chi connectivity index (χ1) is 13.0. The molecule has 0 saturated carbocycles. The molecule has 3 heterocycles. The van der Waals surface area contributed by atoms with Gasteiger partial charge in [-0.25, -0.2) is 4.98 Å². The number of fused-ring (bicyclic) bond motifs is 1. The number of hydrogen-bond donors (Lipinski definition) is 0. The number of ether oxygens (including phenoxy) is 2. The standard InChI is InChI=1S/C18H14Cl2N2O3S2/c1-24-17(23)16-18(4-6-27-16,25-9-11-3-2-5-26-11)22-10-21-14-7-12(19)13(20)8-15(14)22/h2-8,10,16H,9H2,1H3. The van der Waals surface area contributed by atoms with Crippen molar-refractivity contribution in [3.8, 4) is 0 Å². The lowest BCUT2D eigenvalue weighted by atomic mass is 10.1. The lowest BCUT2D eigenvalue weighted by molar-refractivity contribution is -0.151. The zero-order valence-corrected chi connectivity index (χ0v) is 17.2. The molecule has 0 amide bonds. The molecular weight excluding hydrogens is 427 g/mol. The van der Waals surface area contributed by atoms with Crippen LogP contribution in [0.15, 0.2) is 47.5 Å². The van der Waals surface area contributed by atoms with Crippen LogP contribution in [-0.4, -0.2) is 27.9 Å². The van der Waals surface area contributed by atoms with Crippen molar-refractivity contribution in [2.24, 2.45) is 0 Å². The molecule has 140 valence electrons. The van der Waals surface area contributed by atoms with Crippen LogP contribution < -0.4 is 0 Å². The van der Waals surface area contributed by atoms with Crippen molar-refractivity contribution in [2.75, 3.05) is 7.11 Å². The number of thiophene rings is 1. The van der Waals surface area contributed by atoms with Crippen LogP contribution in [0.3, 0.4) is 0 Å². The fourth-order valence-corrected chi connectivity index (χ4v) is 5.02. The number of halogens is 2. The largest absolute Gasteiger partial charge is 0.468 e. The number of nitrogens with zero attached hydrogens (tertiary/aromatic N) is 2. The molecular formula is C18H14Cl2N2O3S2. The van der Waals surface area contributed by atoms with Gasteiger partial charge < -0.3 is 9.47 Å². The van der Waals surface area contributed by atoms with Gasteiger partial charge in [-0.05, 0) is 35.1 Å². The van der Waals surface area contributed by atoms with E-state index in [1.807, 2.05) is 33.6 Å². The molecule has 2 unspecified atom stereocenters. The fraction of sp³-hybridized carbons (Fsp3) is 0.222. The number of esters is 1. The molecule has 0 spiro atoms. The quantitative estimate of drug-likeness (QED) is 0.517. The van der Waals surface area contributed by atoms with Gasteiger partial charge in [0.2, 0.25) is 0 Å². The van der Waals surface area contributed by atoms with E-state index in [2.05, 4.69) is 4.98 Å². The smallest absolute Gasteiger partial charge is 0.324 e. The Morgan fingerprint density at radius 1 is 1.37 bits per heavy atom. The van der Waals surface area contributed by atoms with Crippen LogP contribution in [0.5, 0.6) is 0 Å². The minimum Gasteiger partial charge on any atom is -0.468 e. The minimum absolute atomic E-state index is 0.344. The maximum atomic E-state index is 12.5. The number of hydrogen-bond acceptors (Lipinski definition) is 6. The highest BCUT2D eigenvalue weighted by Gasteiger charge is 2.49. The van der Waals surface area contributed by atoms with Crippen molar-refractivity contribution in [1.82, 2.24) is 9.55 Å². The number of benzene rings is 1. The van der Waals surface area contributed by atoms with Crippen molar-refractivity contribution in [2.45, 2.75) is 17.6 Å². The van der Waals surface area contributed by atoms with Crippen LogP contribution in [0.2, 0.25) is 10.0 Å². The van der Waals surface area contributed by atoms with E-state index in [0.29, 0.717) is 22.2 Å². The molecule has 5 nitrogen and oxygen atoms in total. The average Bonchev–Trinajstić information content (AvgIpc) is 3.39. The first-order valence-electron chi connectivity index (χ1n) is 7.95. The third kappa shape index (κ3) is 3.28. The summed E-state index contributed by atoms with van der Waals surface area (Å²) in [4.78, 5) is 18.0. The molecule has 1 aromatic carbocycles. The molecule has 0 saturated heterocycles. The Balaban J connectivity index is 1.84. The van der Waals surface area contributed by atoms with Gasteiger partial charge >= 0.3 is 5.97 Å². The highest BCUT2D eigenvalue weighted by Crippen LogP contribution is 2.44. The summed E-state index contributed by atoms with van der Waals surface area (Å²) in [7, 11) is 1.37. The van der Waals surface area contributed by atoms with Gasteiger partial charge in [-0.15, -0.1) is 23.1 Å². The molecule has 27 heavy (non-hydrogen) atoms. The summed E-state index contributed by atoms with van der Waals surface area (Å²) in [5.41, 5.74) is 0.294. The van der Waals surface area contributed by atoms with E-state index >= 15 is 0 Å². The van der Waals surface area contributed by atoms with Gasteiger partial charge in [-0.1, -0.05) is 29.3 Å². The molecule has 1 aliphatic rings. The molecule has 1 aliphatic heterocycles. The van der Waals surface area contributed by atoms with Crippen molar-refractivity contribution in [3.63, 3.8) is 0 Å². The summed E-state index contributed by atoms with van der Waals surface area (Å²) in [6, 6.07) is 7.37. The van der Waals surface area contributed by atoms with Gasteiger partial charge in [0.1, 0.15) is 0 Å². The van der Waals surface area contributed by atoms with E-state index in [0.717, 1.165) is 10.4 Å². The van der Waals surface area contributed by atoms with E-state index in [1.165, 1.54) is 18.9 Å². The fourth-order valence-electron chi connectivity index (χ4n) is 3.00. The van der Waals surface area contributed by atoms with Crippen LogP contribution in [0.4, 0.5) is 0 Å². The minimum atomic E-state index is -1.09. The number of imidazole rings is 1. The summed E-state index contributed by atoms with van der Waals surface area (Å²) >= 11 is 15.3. The van der Waals surface area contributed by atoms with Crippen molar-refractivity contribution in [1.29, 1.82) is 0 Å². The van der Waals surface area contributed by atoms with E-state index in [9.17, 15) is 4.79 Å². The molecule has 2 atom stereocenters. The van der Waals surface area contributed by atoms with E-state index in [4.69, 9.17) is 32.7 Å². The summed E-state index contributed by atoms with van der Waals surface area (Å²) in [6.07, 6.45) is 3.49. The Labute approximate surface area is 173 Å². The first kappa shape index (κ1) is 18.8. The molecule has 0 radical (unpaired) electrons. The maximum absolute atomic E-state index is 12.5. The SMILES string of the molecule is COC(=O)C1SC=CC1(OCc1cccs1)n1cnc2cc(Cl)c(Cl)cc21. The van der Waals surface area contributed by atoms with Gasteiger partial charge in [0.15, 0.2) is 11.0 Å². The van der Waals surface area contributed by atoms with Gasteiger partial charge in [-0.3, -0.25) is 9.36 Å². The maximum Gasteiger partial charge on any atom is 0.324 e. The van der Waals surface area contributed by atoms with Gasteiger partial charge in [-0.2, -0.15) is 0 Å². The van der Waals surface area contributed by atoms with Crippen LogP contribution in [-0.2, 0) is 26.6 Å². The van der Waals surface area contributed by atoms with E-state index in [1.54, 1.807) is 29.8 Å². The summed E-state index contributed by atoms with van der Waals surface area (Å²) in [5.74, 6) is -0.377. The first-order valence-corrected chi connectivity index (χ1v) is 10.5. The van der Waals surface area contributed by atoms with Crippen molar-refractivity contribution < 1.29 is 14.3 Å². The topological polar surface area (TPSA) is 53.4 Å². The van der Waals surface area contributed by atoms with Crippen LogP contribution >= 0.6 is 46.3 Å². The second-order valence-corrected chi connectivity index (χ2v) is 8.69. The summed E-state index contributed by atoms with van der Waals surface area (Å²) in [5, 5.41) is 4.04. The monoisotopic (exact) mass is 440 g/mol. The number of methoxy groups -OCH3 is 1. The Hall–Kier alpha value is -1.51. The average molecular weight is 441 g/mol. The third-order valence-corrected chi connectivity index (χ3v) is 6.97. The molecule has 3 aromatic rings. The number of carbonyl (C=O) groups excluding carboxylic acids is 1. The van der Waals surface area contributed by atoms with Gasteiger partial charge in [0.05, 0.1) is 41.1 Å². The normalized spacial score (nSPS) is 21.8. The molecule has 9 heteroatoms. The molecule has 0 fully saturated rings. The Bertz CT molecular complexity index is 1020. The molecule has 0 N–H and O–H groups in total. The van der Waals surface area contributed by atoms with E-state index in [-0.39, 0.29) is 5.97 Å². The predicted molar refractivity (Wildman–Crippen MR) is 109 cm³/mol. The lowest BCUT2D eigenvalue weighted by Crippen LogP contribution is -2.46. The van der Waals surface area contributed by atoms with Gasteiger partial charge in [0, 0.05) is 4.88 Å². The summed E-state index contributed by atoms with van der Waals surface area (Å²) < 4.78 is 13.2. The Morgan fingerprint density at radius 3 is 2.93 bits per heavy atom. The lowest BCUT2D eigenvalue weighted by Gasteiger charge is -2.34.